The number of amides is 1. The van der Waals surface area contributed by atoms with Crippen LogP contribution in [0.4, 0.5) is 0 Å². The van der Waals surface area contributed by atoms with E-state index >= 15 is 0 Å². The second kappa shape index (κ2) is 5.27. The van der Waals surface area contributed by atoms with Gasteiger partial charge in [-0.15, -0.1) is 0 Å². The van der Waals surface area contributed by atoms with Crippen molar-refractivity contribution in [2.45, 2.75) is 38.5 Å². The van der Waals surface area contributed by atoms with Gasteiger partial charge < -0.3 is 20.4 Å². The van der Waals surface area contributed by atoms with E-state index in [0.29, 0.717) is 0 Å². The van der Waals surface area contributed by atoms with E-state index in [9.17, 15) is 14.7 Å². The number of aliphatic carboxylic acids is 1. The number of likely N-dealkylation sites (tertiary alicyclic amines) is 1. The van der Waals surface area contributed by atoms with Gasteiger partial charge in [0.1, 0.15) is 6.04 Å². The largest absolute Gasteiger partial charge is 0.480 e. The molecular formula is C10H18N2O4. The summed E-state index contributed by atoms with van der Waals surface area (Å²) in [5, 5.41) is 21.2. The number of hydrogen-bond donors (Lipinski definition) is 3. The molecule has 0 unspecified atom stereocenters. The van der Waals surface area contributed by atoms with E-state index in [2.05, 4.69) is 5.32 Å². The first-order valence-electron chi connectivity index (χ1n) is 5.35. The van der Waals surface area contributed by atoms with Crippen LogP contribution in [0.5, 0.6) is 0 Å². The number of aliphatic hydroxyl groups is 1. The van der Waals surface area contributed by atoms with Crippen LogP contribution in [0.15, 0.2) is 0 Å². The third-order valence-corrected chi connectivity index (χ3v) is 2.55. The Kier molecular flexibility index (Phi) is 4.26. The lowest BCUT2D eigenvalue weighted by Gasteiger charge is -2.21. The quantitative estimate of drug-likeness (QED) is 0.578. The van der Waals surface area contributed by atoms with Crippen molar-refractivity contribution in [3.8, 4) is 0 Å². The SMILES string of the molecule is CC(C)NCC(=O)N1C[C@H](O)C[C@H]1C(=O)O. The minimum atomic E-state index is -1.06. The fourth-order valence-corrected chi connectivity index (χ4v) is 1.72. The van der Waals surface area contributed by atoms with Gasteiger partial charge >= 0.3 is 5.97 Å². The normalized spacial score (nSPS) is 25.1. The molecule has 6 heteroatoms. The van der Waals surface area contributed by atoms with E-state index in [1.807, 2.05) is 13.8 Å². The van der Waals surface area contributed by atoms with E-state index < -0.39 is 18.1 Å². The number of β-amino-alcohol motifs (C(OH)–C–C–N with tert-alkyl or cyclic N) is 1. The molecule has 0 aromatic carbocycles. The van der Waals surface area contributed by atoms with Crippen LogP contribution in [-0.2, 0) is 9.59 Å². The topological polar surface area (TPSA) is 89.9 Å². The van der Waals surface area contributed by atoms with Crippen LogP contribution in [0.2, 0.25) is 0 Å². The van der Waals surface area contributed by atoms with Crippen molar-refractivity contribution in [2.75, 3.05) is 13.1 Å². The second-order valence-corrected chi connectivity index (χ2v) is 4.33. The van der Waals surface area contributed by atoms with Crippen molar-refractivity contribution in [2.24, 2.45) is 0 Å². The van der Waals surface area contributed by atoms with Gasteiger partial charge in [0, 0.05) is 19.0 Å². The Bertz CT molecular complexity index is 280. The first-order chi connectivity index (χ1) is 7.41. The molecule has 2 atom stereocenters. The summed E-state index contributed by atoms with van der Waals surface area (Å²) in [6.07, 6.45) is -0.618. The highest BCUT2D eigenvalue weighted by Gasteiger charge is 2.38. The van der Waals surface area contributed by atoms with Crippen LogP contribution in [-0.4, -0.2) is 58.3 Å². The molecule has 0 aliphatic carbocycles. The van der Waals surface area contributed by atoms with E-state index in [4.69, 9.17) is 5.11 Å². The Morgan fingerprint density at radius 2 is 2.12 bits per heavy atom. The maximum atomic E-state index is 11.7. The number of rotatable bonds is 4. The summed E-state index contributed by atoms with van der Waals surface area (Å²) >= 11 is 0. The average molecular weight is 230 g/mol. The number of hydrogen-bond acceptors (Lipinski definition) is 4. The molecule has 1 rings (SSSR count). The summed E-state index contributed by atoms with van der Waals surface area (Å²) in [6, 6.07) is -0.726. The lowest BCUT2D eigenvalue weighted by molar-refractivity contribution is -0.147. The molecule has 3 N–H and O–H groups in total. The highest BCUT2D eigenvalue weighted by molar-refractivity contribution is 5.85. The summed E-state index contributed by atoms with van der Waals surface area (Å²) in [5.74, 6) is -1.34. The van der Waals surface area contributed by atoms with Crippen LogP contribution in [0, 0.1) is 0 Å². The van der Waals surface area contributed by atoms with E-state index in [-0.39, 0.29) is 31.5 Å². The molecule has 0 aromatic heterocycles. The van der Waals surface area contributed by atoms with Crippen LogP contribution < -0.4 is 5.32 Å². The molecule has 1 aliphatic rings. The third-order valence-electron chi connectivity index (χ3n) is 2.55. The van der Waals surface area contributed by atoms with Crippen LogP contribution in [0.25, 0.3) is 0 Å². The Morgan fingerprint density at radius 1 is 1.50 bits per heavy atom. The number of nitrogens with zero attached hydrogens (tertiary/aromatic N) is 1. The number of carboxylic acid groups (broad SMARTS) is 1. The van der Waals surface area contributed by atoms with Gasteiger partial charge in [0.15, 0.2) is 0 Å². The lowest BCUT2D eigenvalue weighted by atomic mass is 10.2. The summed E-state index contributed by atoms with van der Waals surface area (Å²) in [6.45, 7) is 4.02. The highest BCUT2D eigenvalue weighted by atomic mass is 16.4. The Hall–Kier alpha value is -1.14. The molecule has 0 spiro atoms. The fourth-order valence-electron chi connectivity index (χ4n) is 1.72. The number of carbonyl (C=O) groups is 2. The smallest absolute Gasteiger partial charge is 0.326 e. The summed E-state index contributed by atoms with van der Waals surface area (Å²) in [7, 11) is 0. The van der Waals surface area contributed by atoms with Crippen LogP contribution in [0.3, 0.4) is 0 Å². The van der Waals surface area contributed by atoms with Gasteiger partial charge in [-0.25, -0.2) is 4.79 Å². The lowest BCUT2D eigenvalue weighted by Crippen LogP contribution is -2.45. The molecule has 0 radical (unpaired) electrons. The molecule has 6 nitrogen and oxygen atoms in total. The van der Waals surface area contributed by atoms with Crippen molar-refractivity contribution >= 4 is 11.9 Å². The fraction of sp³-hybridized carbons (Fsp3) is 0.800. The first-order valence-corrected chi connectivity index (χ1v) is 5.35. The van der Waals surface area contributed by atoms with Crippen molar-refractivity contribution in [1.82, 2.24) is 10.2 Å². The van der Waals surface area contributed by atoms with Crippen LogP contribution >= 0.6 is 0 Å². The highest BCUT2D eigenvalue weighted by Crippen LogP contribution is 2.17. The van der Waals surface area contributed by atoms with Gasteiger partial charge in [-0.1, -0.05) is 13.8 Å². The standard InChI is InChI=1S/C10H18N2O4/c1-6(2)11-4-9(14)12-5-7(13)3-8(12)10(15)16/h6-8,11,13H,3-5H2,1-2H3,(H,15,16)/t7-,8+/m1/s1. The molecular weight excluding hydrogens is 212 g/mol. The number of aliphatic hydroxyl groups excluding tert-OH is 1. The van der Waals surface area contributed by atoms with Gasteiger partial charge in [-0.3, -0.25) is 4.79 Å². The first kappa shape index (κ1) is 12.9. The van der Waals surface area contributed by atoms with Crippen LogP contribution in [0.1, 0.15) is 20.3 Å². The maximum absolute atomic E-state index is 11.7. The summed E-state index contributed by atoms with van der Waals surface area (Å²) < 4.78 is 0. The minimum absolute atomic E-state index is 0.105. The van der Waals surface area contributed by atoms with Crippen molar-refractivity contribution < 1.29 is 19.8 Å². The minimum Gasteiger partial charge on any atom is -0.480 e. The summed E-state index contributed by atoms with van der Waals surface area (Å²) in [5.41, 5.74) is 0. The van der Waals surface area contributed by atoms with Gasteiger partial charge in [0.05, 0.1) is 12.6 Å². The van der Waals surface area contributed by atoms with Gasteiger partial charge in [0.25, 0.3) is 0 Å². The zero-order valence-corrected chi connectivity index (χ0v) is 9.51. The Balaban J connectivity index is 2.56. The van der Waals surface area contributed by atoms with Gasteiger partial charge in [0.2, 0.25) is 5.91 Å². The molecule has 1 fully saturated rings. The van der Waals surface area contributed by atoms with E-state index in [1.54, 1.807) is 0 Å². The Labute approximate surface area is 94.2 Å². The monoisotopic (exact) mass is 230 g/mol. The van der Waals surface area contributed by atoms with Crippen molar-refractivity contribution in [3.05, 3.63) is 0 Å². The van der Waals surface area contributed by atoms with Gasteiger partial charge in [-0.05, 0) is 0 Å². The molecule has 16 heavy (non-hydrogen) atoms. The molecule has 1 saturated heterocycles. The Morgan fingerprint density at radius 3 is 2.62 bits per heavy atom. The number of nitrogens with one attached hydrogen (secondary N) is 1. The van der Waals surface area contributed by atoms with Crippen molar-refractivity contribution in [3.63, 3.8) is 0 Å². The number of carbonyl (C=O) groups excluding carboxylic acids is 1. The molecule has 0 saturated carbocycles. The zero-order valence-electron chi connectivity index (χ0n) is 9.51. The average Bonchev–Trinajstić information content (AvgIpc) is 2.56. The molecule has 0 bridgehead atoms. The zero-order chi connectivity index (χ0) is 12.3. The third kappa shape index (κ3) is 3.18. The number of carboxylic acids is 1. The van der Waals surface area contributed by atoms with E-state index in [0.717, 1.165) is 0 Å². The predicted octanol–water partition coefficient (Wildman–Crippen LogP) is -0.969. The van der Waals surface area contributed by atoms with E-state index in [1.165, 1.54) is 4.90 Å². The maximum Gasteiger partial charge on any atom is 0.326 e. The van der Waals surface area contributed by atoms with Crippen molar-refractivity contribution in [1.29, 1.82) is 0 Å². The predicted molar refractivity (Wildman–Crippen MR) is 56.9 cm³/mol. The summed E-state index contributed by atoms with van der Waals surface area (Å²) in [4.78, 5) is 23.8. The molecule has 1 aliphatic heterocycles. The molecule has 92 valence electrons. The molecule has 1 amide bonds. The second-order valence-electron chi connectivity index (χ2n) is 4.33. The van der Waals surface area contributed by atoms with Gasteiger partial charge in [-0.2, -0.15) is 0 Å². The molecule has 1 heterocycles. The molecule has 0 aromatic rings.